The topological polar surface area (TPSA) is 15.3 Å². The molecule has 0 amide bonds. The lowest BCUT2D eigenvalue weighted by molar-refractivity contribution is 0.181. The molecule has 1 N–H and O–H groups in total. The van der Waals surface area contributed by atoms with Gasteiger partial charge in [0.25, 0.3) is 0 Å². The van der Waals surface area contributed by atoms with Gasteiger partial charge in [-0.1, -0.05) is 23.8 Å². The highest BCUT2D eigenvalue weighted by Gasteiger charge is 2.34. The molecule has 0 radical (unpaired) electrons. The molecule has 2 fully saturated rings. The molecule has 2 heteroatoms. The molecule has 3 rings (SSSR count). The van der Waals surface area contributed by atoms with Crippen LogP contribution < -0.4 is 5.32 Å². The van der Waals surface area contributed by atoms with Gasteiger partial charge in [0.15, 0.2) is 0 Å². The molecule has 110 valence electrons. The van der Waals surface area contributed by atoms with Gasteiger partial charge in [0.2, 0.25) is 0 Å². The highest BCUT2D eigenvalue weighted by atomic mass is 15.2. The van der Waals surface area contributed by atoms with E-state index in [1.165, 1.54) is 55.5 Å². The van der Waals surface area contributed by atoms with E-state index in [2.05, 4.69) is 49.2 Å². The Morgan fingerprint density at radius 3 is 2.65 bits per heavy atom. The molecule has 1 aromatic carbocycles. The fourth-order valence-corrected chi connectivity index (χ4v) is 3.67. The first-order chi connectivity index (χ1) is 9.65. The Labute approximate surface area is 123 Å². The second-order valence-electron chi connectivity index (χ2n) is 6.76. The van der Waals surface area contributed by atoms with E-state index >= 15 is 0 Å². The van der Waals surface area contributed by atoms with E-state index in [9.17, 15) is 0 Å². The third kappa shape index (κ3) is 3.07. The standard InChI is InChI=1S/C18H28N2/c1-13-6-9-18(14(2)11-13)15(3)20(17-7-8-17)12-16-5-4-10-19-16/h6,9,11,15-17,19H,4-5,7-8,10,12H2,1-3H3. The molecule has 1 aromatic rings. The summed E-state index contributed by atoms with van der Waals surface area (Å²) in [6.45, 7) is 9.27. The van der Waals surface area contributed by atoms with Crippen LogP contribution in [0, 0.1) is 13.8 Å². The monoisotopic (exact) mass is 272 g/mol. The molecule has 1 saturated heterocycles. The number of hydrogen-bond donors (Lipinski definition) is 1. The summed E-state index contributed by atoms with van der Waals surface area (Å²) >= 11 is 0. The molecule has 2 atom stereocenters. The summed E-state index contributed by atoms with van der Waals surface area (Å²) in [5.41, 5.74) is 4.33. The molecule has 2 aliphatic rings. The molecule has 0 spiro atoms. The van der Waals surface area contributed by atoms with Crippen LogP contribution in [-0.2, 0) is 0 Å². The van der Waals surface area contributed by atoms with Crippen molar-refractivity contribution >= 4 is 0 Å². The molecule has 20 heavy (non-hydrogen) atoms. The molecule has 0 bridgehead atoms. The number of nitrogens with zero attached hydrogens (tertiary/aromatic N) is 1. The zero-order valence-corrected chi connectivity index (χ0v) is 13.2. The lowest BCUT2D eigenvalue weighted by atomic mass is 9.98. The van der Waals surface area contributed by atoms with Gasteiger partial charge >= 0.3 is 0 Å². The van der Waals surface area contributed by atoms with Gasteiger partial charge in [0, 0.05) is 24.7 Å². The fraction of sp³-hybridized carbons (Fsp3) is 0.667. The van der Waals surface area contributed by atoms with Crippen molar-refractivity contribution in [3.8, 4) is 0 Å². The zero-order valence-electron chi connectivity index (χ0n) is 13.2. The highest BCUT2D eigenvalue weighted by molar-refractivity contribution is 5.32. The largest absolute Gasteiger partial charge is 0.313 e. The van der Waals surface area contributed by atoms with Crippen molar-refractivity contribution in [2.75, 3.05) is 13.1 Å². The van der Waals surface area contributed by atoms with Gasteiger partial charge in [-0.3, -0.25) is 4.90 Å². The Kier molecular flexibility index (Phi) is 4.13. The maximum Gasteiger partial charge on any atom is 0.0326 e. The Morgan fingerprint density at radius 2 is 2.05 bits per heavy atom. The smallest absolute Gasteiger partial charge is 0.0326 e. The first-order valence-corrected chi connectivity index (χ1v) is 8.21. The van der Waals surface area contributed by atoms with Crippen LogP contribution in [0.15, 0.2) is 18.2 Å². The van der Waals surface area contributed by atoms with Gasteiger partial charge in [-0.25, -0.2) is 0 Å². The summed E-state index contributed by atoms with van der Waals surface area (Å²) in [5, 5.41) is 3.66. The second kappa shape index (κ2) is 5.87. The summed E-state index contributed by atoms with van der Waals surface area (Å²) < 4.78 is 0. The van der Waals surface area contributed by atoms with Crippen molar-refractivity contribution in [2.45, 2.75) is 64.6 Å². The van der Waals surface area contributed by atoms with Crippen LogP contribution in [0.2, 0.25) is 0 Å². The Morgan fingerprint density at radius 1 is 1.25 bits per heavy atom. The molecule has 2 nitrogen and oxygen atoms in total. The van der Waals surface area contributed by atoms with E-state index in [1.807, 2.05) is 0 Å². The third-order valence-electron chi connectivity index (χ3n) is 4.98. The average molecular weight is 272 g/mol. The number of benzene rings is 1. The molecular weight excluding hydrogens is 244 g/mol. The molecule has 1 aliphatic heterocycles. The van der Waals surface area contributed by atoms with Crippen molar-refractivity contribution in [1.29, 1.82) is 0 Å². The second-order valence-corrected chi connectivity index (χ2v) is 6.76. The predicted molar refractivity (Wildman–Crippen MR) is 85.1 cm³/mol. The minimum atomic E-state index is 0.547. The first-order valence-electron chi connectivity index (χ1n) is 8.21. The number of nitrogens with one attached hydrogen (secondary N) is 1. The van der Waals surface area contributed by atoms with E-state index in [1.54, 1.807) is 0 Å². The molecule has 1 aliphatic carbocycles. The van der Waals surface area contributed by atoms with Gasteiger partial charge in [0.05, 0.1) is 0 Å². The first kappa shape index (κ1) is 14.1. The van der Waals surface area contributed by atoms with Crippen molar-refractivity contribution in [1.82, 2.24) is 10.2 Å². The quantitative estimate of drug-likeness (QED) is 0.881. The van der Waals surface area contributed by atoms with E-state index < -0.39 is 0 Å². The van der Waals surface area contributed by atoms with Gasteiger partial charge in [-0.15, -0.1) is 0 Å². The van der Waals surface area contributed by atoms with Gasteiger partial charge in [0.1, 0.15) is 0 Å². The highest BCUT2D eigenvalue weighted by Crippen LogP contribution is 2.35. The van der Waals surface area contributed by atoms with Crippen LogP contribution in [0.3, 0.4) is 0 Å². The molecule has 1 heterocycles. The average Bonchev–Trinajstić information content (AvgIpc) is 3.12. The fourth-order valence-electron chi connectivity index (χ4n) is 3.67. The van der Waals surface area contributed by atoms with Gasteiger partial charge < -0.3 is 5.32 Å². The van der Waals surface area contributed by atoms with E-state index in [0.717, 1.165) is 6.04 Å². The summed E-state index contributed by atoms with van der Waals surface area (Å²) in [7, 11) is 0. The van der Waals surface area contributed by atoms with Crippen LogP contribution in [0.25, 0.3) is 0 Å². The van der Waals surface area contributed by atoms with E-state index in [4.69, 9.17) is 0 Å². The van der Waals surface area contributed by atoms with E-state index in [0.29, 0.717) is 12.1 Å². The van der Waals surface area contributed by atoms with Gasteiger partial charge in [-0.05, 0) is 64.1 Å². The van der Waals surface area contributed by atoms with E-state index in [-0.39, 0.29) is 0 Å². The third-order valence-corrected chi connectivity index (χ3v) is 4.98. The van der Waals surface area contributed by atoms with Crippen LogP contribution in [0.4, 0.5) is 0 Å². The predicted octanol–water partition coefficient (Wildman–Crippen LogP) is 3.58. The van der Waals surface area contributed by atoms with Crippen molar-refractivity contribution in [3.05, 3.63) is 34.9 Å². The zero-order chi connectivity index (χ0) is 14.1. The number of aryl methyl sites for hydroxylation is 2. The SMILES string of the molecule is Cc1ccc(C(C)N(CC2CCCN2)C2CC2)c(C)c1. The van der Waals surface area contributed by atoms with Gasteiger partial charge in [-0.2, -0.15) is 0 Å². The van der Waals surface area contributed by atoms with Crippen LogP contribution in [0.1, 0.15) is 55.3 Å². The Hall–Kier alpha value is -0.860. The van der Waals surface area contributed by atoms with Crippen molar-refractivity contribution in [2.24, 2.45) is 0 Å². The Balaban J connectivity index is 1.75. The van der Waals surface area contributed by atoms with Crippen molar-refractivity contribution < 1.29 is 0 Å². The lowest BCUT2D eigenvalue weighted by Gasteiger charge is -2.32. The number of rotatable bonds is 5. The molecule has 2 unspecified atom stereocenters. The van der Waals surface area contributed by atoms with Crippen LogP contribution >= 0.6 is 0 Å². The summed E-state index contributed by atoms with van der Waals surface area (Å²) in [6.07, 6.45) is 5.48. The maximum atomic E-state index is 3.66. The maximum absolute atomic E-state index is 3.66. The van der Waals surface area contributed by atoms with Crippen LogP contribution in [-0.4, -0.2) is 30.1 Å². The Bertz CT molecular complexity index is 458. The van der Waals surface area contributed by atoms with Crippen molar-refractivity contribution in [3.63, 3.8) is 0 Å². The lowest BCUT2D eigenvalue weighted by Crippen LogP contribution is -2.40. The summed E-state index contributed by atoms with van der Waals surface area (Å²) in [5.74, 6) is 0. The minimum absolute atomic E-state index is 0.547. The molecule has 1 saturated carbocycles. The summed E-state index contributed by atoms with van der Waals surface area (Å²) in [6, 6.07) is 9.01. The van der Waals surface area contributed by atoms with Crippen LogP contribution in [0.5, 0.6) is 0 Å². The number of hydrogen-bond acceptors (Lipinski definition) is 2. The normalized spacial score (nSPS) is 24.3. The minimum Gasteiger partial charge on any atom is -0.313 e. The molecule has 0 aromatic heterocycles. The summed E-state index contributed by atoms with van der Waals surface area (Å²) in [4.78, 5) is 2.75. The molecular formula is C18H28N2.